The number of benzene rings is 2. The molecule has 0 radical (unpaired) electrons. The highest BCUT2D eigenvalue weighted by molar-refractivity contribution is 6.03. The predicted molar refractivity (Wildman–Crippen MR) is 123 cm³/mol. The highest BCUT2D eigenvalue weighted by Crippen LogP contribution is 2.28. The molecule has 0 aliphatic heterocycles. The van der Waals surface area contributed by atoms with Crippen LogP contribution in [0.5, 0.6) is 0 Å². The van der Waals surface area contributed by atoms with Gasteiger partial charge in [-0.15, -0.1) is 0 Å². The molecule has 2 aromatic rings. The van der Waals surface area contributed by atoms with Crippen molar-refractivity contribution in [2.75, 3.05) is 24.6 Å². The lowest BCUT2D eigenvalue weighted by Gasteiger charge is -2.32. The Bertz CT molecular complexity index is 801. The number of nitrogens with zero attached hydrogens (tertiary/aromatic N) is 2. The largest absolute Gasteiger partial charge is 0.375 e. The van der Waals surface area contributed by atoms with E-state index in [0.29, 0.717) is 19.8 Å². The minimum absolute atomic E-state index is 0.233. The van der Waals surface area contributed by atoms with E-state index in [2.05, 4.69) is 26.0 Å². The summed E-state index contributed by atoms with van der Waals surface area (Å²) in [6.07, 6.45) is 2.47. The molecule has 6 heteroatoms. The minimum atomic E-state index is -0.275. The number of hydrogen-bond acceptors (Lipinski definition) is 3. The average molecular weight is 411 g/mol. The van der Waals surface area contributed by atoms with Crippen LogP contribution in [0.2, 0.25) is 0 Å². The van der Waals surface area contributed by atoms with Crippen LogP contribution in [-0.2, 0) is 24.2 Å². The Morgan fingerprint density at radius 2 is 1.60 bits per heavy atom. The summed E-state index contributed by atoms with van der Waals surface area (Å²) < 4.78 is 5.72. The molecular formula is C24H34N4O2. The number of guanidine groups is 1. The van der Waals surface area contributed by atoms with E-state index in [-0.39, 0.29) is 18.5 Å². The van der Waals surface area contributed by atoms with Crippen molar-refractivity contribution in [2.24, 2.45) is 5.73 Å². The number of anilines is 1. The topological polar surface area (TPSA) is 82.7 Å². The van der Waals surface area contributed by atoms with Crippen molar-refractivity contribution in [3.63, 3.8) is 0 Å². The molecular weight excluding hydrogens is 376 g/mol. The van der Waals surface area contributed by atoms with Gasteiger partial charge in [0.1, 0.15) is 0 Å². The molecule has 2 rings (SSSR count). The minimum Gasteiger partial charge on any atom is -0.375 e. The first-order valence-corrected chi connectivity index (χ1v) is 10.7. The van der Waals surface area contributed by atoms with Gasteiger partial charge in [-0.05, 0) is 36.0 Å². The number of nitrogens with two attached hydrogens (primary N) is 1. The van der Waals surface area contributed by atoms with E-state index in [9.17, 15) is 4.79 Å². The maximum atomic E-state index is 13.5. The lowest BCUT2D eigenvalue weighted by atomic mass is 10.0. The first-order valence-electron chi connectivity index (χ1n) is 10.7. The van der Waals surface area contributed by atoms with Crippen LogP contribution in [0.25, 0.3) is 0 Å². The zero-order chi connectivity index (χ0) is 21.9. The van der Waals surface area contributed by atoms with Crippen molar-refractivity contribution in [3.05, 3.63) is 65.2 Å². The Balaban J connectivity index is 2.17. The lowest BCUT2D eigenvalue weighted by molar-refractivity contribution is 0.111. The van der Waals surface area contributed by atoms with Gasteiger partial charge in [0, 0.05) is 6.54 Å². The third-order valence-corrected chi connectivity index (χ3v) is 5.01. The molecule has 0 aliphatic carbocycles. The quantitative estimate of drug-likeness (QED) is 0.342. The van der Waals surface area contributed by atoms with Crippen LogP contribution in [0.4, 0.5) is 10.5 Å². The van der Waals surface area contributed by atoms with Crippen molar-refractivity contribution in [1.82, 2.24) is 4.90 Å². The number of carbonyl (C=O) groups is 1. The second-order valence-electron chi connectivity index (χ2n) is 7.14. The molecule has 0 heterocycles. The normalized spacial score (nSPS) is 10.6. The summed E-state index contributed by atoms with van der Waals surface area (Å²) in [5.74, 6) is -0.267. The van der Waals surface area contributed by atoms with Gasteiger partial charge in [-0.3, -0.25) is 15.2 Å². The van der Waals surface area contributed by atoms with Crippen LogP contribution in [0.3, 0.4) is 0 Å². The fraction of sp³-hybridized carbons (Fsp3) is 0.417. The van der Waals surface area contributed by atoms with E-state index in [4.69, 9.17) is 15.9 Å². The molecule has 0 aromatic heterocycles. The van der Waals surface area contributed by atoms with Gasteiger partial charge in [-0.2, -0.15) is 0 Å². The standard InChI is InChI=1S/C24H34N4O2/c1-4-15-27(22-20(5-2)13-10-14-21(22)6-3)24(29)28(23(25)26)16-17-30-18-19-11-8-7-9-12-19/h7-14H,4-6,15-18H2,1-3H3,(H3,25,26). The Labute approximate surface area is 180 Å². The van der Waals surface area contributed by atoms with Gasteiger partial charge in [-0.1, -0.05) is 69.3 Å². The van der Waals surface area contributed by atoms with Crippen LogP contribution < -0.4 is 10.6 Å². The first-order chi connectivity index (χ1) is 14.5. The maximum absolute atomic E-state index is 13.5. The van der Waals surface area contributed by atoms with Gasteiger partial charge in [0.2, 0.25) is 0 Å². The van der Waals surface area contributed by atoms with Crippen LogP contribution in [0.15, 0.2) is 48.5 Å². The van der Waals surface area contributed by atoms with E-state index in [1.165, 1.54) is 4.90 Å². The molecule has 3 N–H and O–H groups in total. The molecule has 0 atom stereocenters. The van der Waals surface area contributed by atoms with Crippen molar-refractivity contribution >= 4 is 17.7 Å². The molecule has 0 bridgehead atoms. The summed E-state index contributed by atoms with van der Waals surface area (Å²) in [6, 6.07) is 15.7. The number of amides is 2. The van der Waals surface area contributed by atoms with E-state index in [1.807, 2.05) is 43.3 Å². The molecule has 2 amide bonds. The van der Waals surface area contributed by atoms with Crippen LogP contribution in [-0.4, -0.2) is 36.6 Å². The lowest BCUT2D eigenvalue weighted by Crippen LogP contribution is -2.51. The second-order valence-corrected chi connectivity index (χ2v) is 7.14. The molecule has 0 spiro atoms. The monoisotopic (exact) mass is 410 g/mol. The van der Waals surface area contributed by atoms with Gasteiger partial charge in [0.25, 0.3) is 0 Å². The van der Waals surface area contributed by atoms with E-state index < -0.39 is 0 Å². The Morgan fingerprint density at radius 1 is 0.967 bits per heavy atom. The molecule has 0 fully saturated rings. The van der Waals surface area contributed by atoms with Gasteiger partial charge < -0.3 is 10.5 Å². The summed E-state index contributed by atoms with van der Waals surface area (Å²) >= 11 is 0. The van der Waals surface area contributed by atoms with Gasteiger partial charge in [0.05, 0.1) is 25.4 Å². The van der Waals surface area contributed by atoms with Crippen LogP contribution in [0.1, 0.15) is 43.9 Å². The molecule has 2 aromatic carbocycles. The van der Waals surface area contributed by atoms with E-state index >= 15 is 0 Å². The molecule has 0 aliphatic rings. The van der Waals surface area contributed by atoms with E-state index in [1.54, 1.807) is 4.90 Å². The number of aryl methyl sites for hydroxylation is 2. The van der Waals surface area contributed by atoms with Gasteiger partial charge in [-0.25, -0.2) is 4.79 Å². The Morgan fingerprint density at radius 3 is 2.13 bits per heavy atom. The Hall–Kier alpha value is -2.86. The second kappa shape index (κ2) is 12.0. The fourth-order valence-electron chi connectivity index (χ4n) is 3.47. The SMILES string of the molecule is CCCN(C(=O)N(CCOCc1ccccc1)C(=N)N)c1c(CC)cccc1CC. The summed E-state index contributed by atoms with van der Waals surface area (Å²) in [4.78, 5) is 16.5. The molecule has 162 valence electrons. The molecule has 30 heavy (non-hydrogen) atoms. The number of rotatable bonds is 10. The highest BCUT2D eigenvalue weighted by atomic mass is 16.5. The summed E-state index contributed by atoms with van der Waals surface area (Å²) in [5.41, 5.74) is 10.1. The molecule has 6 nitrogen and oxygen atoms in total. The van der Waals surface area contributed by atoms with Crippen LogP contribution in [0, 0.1) is 5.41 Å². The van der Waals surface area contributed by atoms with Gasteiger partial charge >= 0.3 is 6.03 Å². The number of urea groups is 1. The summed E-state index contributed by atoms with van der Waals surface area (Å²) in [7, 11) is 0. The Kier molecular flexibility index (Phi) is 9.35. The third kappa shape index (κ3) is 6.07. The third-order valence-electron chi connectivity index (χ3n) is 5.01. The van der Waals surface area contributed by atoms with Crippen molar-refractivity contribution in [1.29, 1.82) is 5.41 Å². The van der Waals surface area contributed by atoms with Gasteiger partial charge in [0.15, 0.2) is 5.96 Å². The maximum Gasteiger partial charge on any atom is 0.331 e. The smallest absolute Gasteiger partial charge is 0.331 e. The van der Waals surface area contributed by atoms with Crippen molar-refractivity contribution in [3.8, 4) is 0 Å². The van der Waals surface area contributed by atoms with Crippen molar-refractivity contribution < 1.29 is 9.53 Å². The number of nitrogens with one attached hydrogen (secondary N) is 1. The number of ether oxygens (including phenoxy) is 1. The van der Waals surface area contributed by atoms with Crippen molar-refractivity contribution in [2.45, 2.75) is 46.6 Å². The predicted octanol–water partition coefficient (Wildman–Crippen LogP) is 4.56. The average Bonchev–Trinajstić information content (AvgIpc) is 2.77. The molecule has 0 saturated carbocycles. The first kappa shape index (κ1) is 23.4. The molecule has 0 unspecified atom stereocenters. The fourth-order valence-corrected chi connectivity index (χ4v) is 3.47. The number of carbonyl (C=O) groups excluding carboxylic acids is 1. The number of para-hydroxylation sites is 1. The highest BCUT2D eigenvalue weighted by Gasteiger charge is 2.26. The summed E-state index contributed by atoms with van der Waals surface area (Å²) in [5, 5.41) is 7.97. The zero-order valence-electron chi connectivity index (χ0n) is 18.4. The van der Waals surface area contributed by atoms with Crippen LogP contribution >= 0.6 is 0 Å². The zero-order valence-corrected chi connectivity index (χ0v) is 18.4. The number of hydrogen-bond donors (Lipinski definition) is 2. The molecule has 0 saturated heterocycles. The van der Waals surface area contributed by atoms with E-state index in [0.717, 1.165) is 41.6 Å². The summed E-state index contributed by atoms with van der Waals surface area (Å²) in [6.45, 7) is 7.78.